The number of halogens is 2. The highest BCUT2D eigenvalue weighted by atomic mass is 127. The van der Waals surface area contributed by atoms with E-state index >= 15 is 0 Å². The number of aliphatic hydroxyl groups excluding tert-OH is 1. The molecule has 2 nitrogen and oxygen atoms in total. The molecule has 0 aliphatic heterocycles. The number of rotatable bonds is 3. The molecule has 2 N–H and O–H groups in total. The van der Waals surface area contributed by atoms with Crippen molar-refractivity contribution >= 4 is 38.5 Å². The Hall–Kier alpha value is 0.350. The summed E-state index contributed by atoms with van der Waals surface area (Å²) in [5.41, 5.74) is 1.11. The standard InChI is InChI=1S/C9H11BrINO/c1-12-9(5-13)6-2-3-7(10)8(11)4-6/h2-4,9,12-13H,5H2,1H3. The maximum absolute atomic E-state index is 9.06. The van der Waals surface area contributed by atoms with Crippen LogP contribution in [0.1, 0.15) is 11.6 Å². The third kappa shape index (κ3) is 2.90. The average molecular weight is 356 g/mol. The lowest BCUT2D eigenvalue weighted by molar-refractivity contribution is 0.251. The van der Waals surface area contributed by atoms with Crippen LogP contribution in [0.2, 0.25) is 0 Å². The van der Waals surface area contributed by atoms with Gasteiger partial charge in [0.15, 0.2) is 0 Å². The Morgan fingerprint density at radius 2 is 2.31 bits per heavy atom. The zero-order valence-electron chi connectivity index (χ0n) is 7.22. The molecule has 4 heteroatoms. The van der Waals surface area contributed by atoms with Crippen molar-refractivity contribution < 1.29 is 5.11 Å². The van der Waals surface area contributed by atoms with Crippen molar-refractivity contribution in [2.75, 3.05) is 13.7 Å². The van der Waals surface area contributed by atoms with Gasteiger partial charge in [-0.1, -0.05) is 6.07 Å². The van der Waals surface area contributed by atoms with Gasteiger partial charge in [-0.3, -0.25) is 0 Å². The summed E-state index contributed by atoms with van der Waals surface area (Å²) in [6, 6.07) is 6.09. The number of nitrogens with one attached hydrogen (secondary N) is 1. The van der Waals surface area contributed by atoms with Crippen LogP contribution < -0.4 is 5.32 Å². The summed E-state index contributed by atoms with van der Waals surface area (Å²) in [7, 11) is 1.84. The van der Waals surface area contributed by atoms with E-state index in [-0.39, 0.29) is 12.6 Å². The molecule has 1 aromatic rings. The number of hydrogen-bond donors (Lipinski definition) is 2. The van der Waals surface area contributed by atoms with Crippen molar-refractivity contribution in [2.45, 2.75) is 6.04 Å². The van der Waals surface area contributed by atoms with Crippen molar-refractivity contribution in [1.82, 2.24) is 5.32 Å². The van der Waals surface area contributed by atoms with Crippen LogP contribution in [0.4, 0.5) is 0 Å². The molecule has 0 saturated heterocycles. The molecule has 0 aliphatic rings. The Kier molecular flexibility index (Phi) is 4.64. The fourth-order valence-corrected chi connectivity index (χ4v) is 1.88. The van der Waals surface area contributed by atoms with Gasteiger partial charge in [-0.15, -0.1) is 0 Å². The first kappa shape index (κ1) is 11.4. The summed E-state index contributed by atoms with van der Waals surface area (Å²) in [6.07, 6.45) is 0. The summed E-state index contributed by atoms with van der Waals surface area (Å²) < 4.78 is 2.24. The highest BCUT2D eigenvalue weighted by Crippen LogP contribution is 2.23. The molecule has 13 heavy (non-hydrogen) atoms. The minimum Gasteiger partial charge on any atom is -0.394 e. The van der Waals surface area contributed by atoms with E-state index in [9.17, 15) is 0 Å². The monoisotopic (exact) mass is 355 g/mol. The van der Waals surface area contributed by atoms with Crippen molar-refractivity contribution in [1.29, 1.82) is 0 Å². The van der Waals surface area contributed by atoms with Gasteiger partial charge in [-0.05, 0) is 63.3 Å². The van der Waals surface area contributed by atoms with E-state index in [4.69, 9.17) is 5.11 Å². The van der Waals surface area contributed by atoms with Crippen LogP contribution in [0.15, 0.2) is 22.7 Å². The molecule has 0 spiro atoms. The molecule has 0 radical (unpaired) electrons. The molecule has 1 aromatic carbocycles. The average Bonchev–Trinajstić information content (AvgIpc) is 2.13. The van der Waals surface area contributed by atoms with Crippen LogP contribution >= 0.6 is 38.5 Å². The molecule has 0 saturated carbocycles. The molecule has 1 unspecified atom stereocenters. The highest BCUT2D eigenvalue weighted by molar-refractivity contribution is 14.1. The molecule has 0 aliphatic carbocycles. The minimum atomic E-state index is 0.0293. The van der Waals surface area contributed by atoms with Gasteiger partial charge < -0.3 is 10.4 Å². The Morgan fingerprint density at radius 3 is 2.77 bits per heavy atom. The SMILES string of the molecule is CNC(CO)c1ccc(Br)c(I)c1. The number of benzene rings is 1. The van der Waals surface area contributed by atoms with E-state index in [0.717, 1.165) is 13.6 Å². The molecular weight excluding hydrogens is 345 g/mol. The summed E-state index contributed by atoms with van der Waals surface area (Å²) >= 11 is 5.69. The Morgan fingerprint density at radius 1 is 1.62 bits per heavy atom. The van der Waals surface area contributed by atoms with Crippen LogP contribution in [-0.2, 0) is 0 Å². The second-order valence-corrected chi connectivity index (χ2v) is 4.71. The topological polar surface area (TPSA) is 32.3 Å². The van der Waals surface area contributed by atoms with Gasteiger partial charge in [0.1, 0.15) is 0 Å². The van der Waals surface area contributed by atoms with Gasteiger partial charge >= 0.3 is 0 Å². The molecule has 72 valence electrons. The lowest BCUT2D eigenvalue weighted by Gasteiger charge is -2.13. The van der Waals surface area contributed by atoms with E-state index < -0.39 is 0 Å². The zero-order valence-corrected chi connectivity index (χ0v) is 11.0. The Labute approximate surface area is 100.0 Å². The lowest BCUT2D eigenvalue weighted by Crippen LogP contribution is -2.19. The largest absolute Gasteiger partial charge is 0.394 e. The van der Waals surface area contributed by atoms with Gasteiger partial charge in [0, 0.05) is 8.04 Å². The van der Waals surface area contributed by atoms with Crippen LogP contribution in [-0.4, -0.2) is 18.8 Å². The molecule has 0 aromatic heterocycles. The molecule has 0 heterocycles. The predicted molar refractivity (Wildman–Crippen MR) is 65.7 cm³/mol. The zero-order chi connectivity index (χ0) is 9.84. The van der Waals surface area contributed by atoms with Crippen molar-refractivity contribution in [3.8, 4) is 0 Å². The van der Waals surface area contributed by atoms with E-state index in [2.05, 4.69) is 49.9 Å². The summed E-state index contributed by atoms with van der Waals surface area (Å²) in [5, 5.41) is 12.1. The molecule has 1 rings (SSSR count). The van der Waals surface area contributed by atoms with E-state index in [1.54, 1.807) is 0 Å². The van der Waals surface area contributed by atoms with Crippen molar-refractivity contribution in [3.05, 3.63) is 31.8 Å². The van der Waals surface area contributed by atoms with E-state index in [0.29, 0.717) is 0 Å². The first-order valence-corrected chi connectivity index (χ1v) is 5.79. The second kappa shape index (κ2) is 5.29. The van der Waals surface area contributed by atoms with E-state index in [1.807, 2.05) is 19.2 Å². The minimum absolute atomic E-state index is 0.0293. The van der Waals surface area contributed by atoms with Crippen LogP contribution in [0, 0.1) is 3.57 Å². The molecule has 0 fully saturated rings. The second-order valence-electron chi connectivity index (χ2n) is 2.70. The third-order valence-electron chi connectivity index (χ3n) is 1.88. The summed E-state index contributed by atoms with van der Waals surface area (Å²) in [4.78, 5) is 0. The smallest absolute Gasteiger partial charge is 0.0626 e. The van der Waals surface area contributed by atoms with Gasteiger partial charge in [-0.25, -0.2) is 0 Å². The maximum Gasteiger partial charge on any atom is 0.0626 e. The summed E-state index contributed by atoms with van der Waals surface area (Å²) in [6.45, 7) is 0.119. The Bertz CT molecular complexity index is 289. The highest BCUT2D eigenvalue weighted by Gasteiger charge is 2.08. The normalized spacial score (nSPS) is 12.9. The Balaban J connectivity index is 2.95. The van der Waals surface area contributed by atoms with Gasteiger partial charge in [0.05, 0.1) is 12.6 Å². The molecule has 1 atom stereocenters. The number of hydrogen-bond acceptors (Lipinski definition) is 2. The van der Waals surface area contributed by atoms with Crippen molar-refractivity contribution in [3.63, 3.8) is 0 Å². The quantitative estimate of drug-likeness (QED) is 0.815. The van der Waals surface area contributed by atoms with Gasteiger partial charge in [0.2, 0.25) is 0 Å². The van der Waals surface area contributed by atoms with Crippen molar-refractivity contribution in [2.24, 2.45) is 0 Å². The molecule has 0 amide bonds. The van der Waals surface area contributed by atoms with Crippen LogP contribution in [0.25, 0.3) is 0 Å². The number of likely N-dealkylation sites (N-methyl/N-ethyl adjacent to an activating group) is 1. The first-order valence-electron chi connectivity index (χ1n) is 3.92. The lowest BCUT2D eigenvalue weighted by atomic mass is 10.1. The molecular formula is C9H11BrINO. The predicted octanol–water partition coefficient (Wildman–Crippen LogP) is 2.31. The maximum atomic E-state index is 9.06. The fourth-order valence-electron chi connectivity index (χ4n) is 1.09. The van der Waals surface area contributed by atoms with Crippen LogP contribution in [0.5, 0.6) is 0 Å². The van der Waals surface area contributed by atoms with Gasteiger partial charge in [-0.2, -0.15) is 0 Å². The summed E-state index contributed by atoms with van der Waals surface area (Å²) in [5.74, 6) is 0. The fraction of sp³-hybridized carbons (Fsp3) is 0.333. The number of aliphatic hydroxyl groups is 1. The first-order chi connectivity index (χ1) is 6.19. The van der Waals surface area contributed by atoms with Crippen LogP contribution in [0.3, 0.4) is 0 Å². The third-order valence-corrected chi connectivity index (χ3v) is 4.20. The van der Waals surface area contributed by atoms with Gasteiger partial charge in [0.25, 0.3) is 0 Å². The van der Waals surface area contributed by atoms with E-state index in [1.165, 1.54) is 0 Å². The molecule has 0 bridgehead atoms.